The van der Waals surface area contributed by atoms with Crippen LogP contribution in [0.3, 0.4) is 0 Å². The summed E-state index contributed by atoms with van der Waals surface area (Å²) < 4.78 is 12.5. The van der Waals surface area contributed by atoms with Crippen molar-refractivity contribution in [2.45, 2.75) is 38.3 Å². The van der Waals surface area contributed by atoms with Gasteiger partial charge in [-0.3, -0.25) is 0 Å². The van der Waals surface area contributed by atoms with E-state index in [9.17, 15) is 0 Å². The van der Waals surface area contributed by atoms with Gasteiger partial charge >= 0.3 is 0 Å². The molecule has 0 atom stereocenters. The topological polar surface area (TPSA) is 18.5 Å². The molecule has 0 saturated heterocycles. The molecule has 0 bridgehead atoms. The van der Waals surface area contributed by atoms with Crippen LogP contribution < -0.4 is 8.85 Å². The molecule has 0 amide bonds. The first-order valence-corrected chi connectivity index (χ1v) is 14.1. The molecule has 0 aliphatic heterocycles. The molecule has 0 saturated carbocycles. The molecule has 0 aliphatic carbocycles. The molecule has 2 aromatic rings. The van der Waals surface area contributed by atoms with Crippen LogP contribution in [-0.2, 0) is 0 Å². The molecule has 0 aromatic heterocycles. The van der Waals surface area contributed by atoms with E-state index in [0.717, 1.165) is 23.6 Å². The SMILES string of the molecule is C[Si](C)(CC[Si](C)(C)Oc1ccccc1)Oc1ccccc1. The van der Waals surface area contributed by atoms with Crippen molar-refractivity contribution in [3.63, 3.8) is 0 Å². The van der Waals surface area contributed by atoms with E-state index < -0.39 is 16.6 Å². The van der Waals surface area contributed by atoms with Gasteiger partial charge < -0.3 is 8.85 Å². The first kappa shape index (κ1) is 16.8. The predicted molar refractivity (Wildman–Crippen MR) is 98.7 cm³/mol. The number of hydrogen-bond acceptors (Lipinski definition) is 2. The average molecular weight is 331 g/mol. The van der Waals surface area contributed by atoms with E-state index in [2.05, 4.69) is 26.2 Å². The number of rotatable bonds is 7. The fourth-order valence-corrected chi connectivity index (χ4v) is 8.89. The highest BCUT2D eigenvalue weighted by atomic mass is 28.4. The van der Waals surface area contributed by atoms with Gasteiger partial charge in [-0.1, -0.05) is 36.4 Å². The molecule has 22 heavy (non-hydrogen) atoms. The van der Waals surface area contributed by atoms with Gasteiger partial charge in [-0.2, -0.15) is 0 Å². The Morgan fingerprint density at radius 2 is 0.909 bits per heavy atom. The first-order valence-electron chi connectivity index (χ1n) is 7.84. The molecule has 0 heterocycles. The van der Waals surface area contributed by atoms with Crippen LogP contribution in [0.2, 0.25) is 38.3 Å². The highest BCUT2D eigenvalue weighted by Gasteiger charge is 2.32. The number of para-hydroxylation sites is 2. The van der Waals surface area contributed by atoms with Gasteiger partial charge in [0, 0.05) is 0 Å². The largest absolute Gasteiger partial charge is 0.544 e. The molecule has 2 nitrogen and oxygen atoms in total. The van der Waals surface area contributed by atoms with Gasteiger partial charge in [0.1, 0.15) is 11.5 Å². The summed E-state index contributed by atoms with van der Waals surface area (Å²) in [5, 5.41) is 0. The second-order valence-electron chi connectivity index (χ2n) is 6.85. The van der Waals surface area contributed by atoms with Crippen molar-refractivity contribution in [3.8, 4) is 11.5 Å². The summed E-state index contributed by atoms with van der Waals surface area (Å²) in [4.78, 5) is 0. The lowest BCUT2D eigenvalue weighted by molar-refractivity contribution is 0.533. The minimum atomic E-state index is -1.72. The smallest absolute Gasteiger partial charge is 0.245 e. The molecular formula is C18H26O2Si2. The molecule has 0 N–H and O–H groups in total. The van der Waals surface area contributed by atoms with Gasteiger partial charge in [0.15, 0.2) is 0 Å². The van der Waals surface area contributed by atoms with E-state index in [1.54, 1.807) is 0 Å². The van der Waals surface area contributed by atoms with Gasteiger partial charge in [0.25, 0.3) is 0 Å². The van der Waals surface area contributed by atoms with Crippen LogP contribution in [0.1, 0.15) is 0 Å². The Morgan fingerprint density at radius 1 is 0.591 bits per heavy atom. The third-order valence-electron chi connectivity index (χ3n) is 3.60. The van der Waals surface area contributed by atoms with Crippen molar-refractivity contribution in [1.82, 2.24) is 0 Å². The van der Waals surface area contributed by atoms with Crippen molar-refractivity contribution >= 4 is 16.6 Å². The predicted octanol–water partition coefficient (Wildman–Crippen LogP) is 5.55. The zero-order valence-electron chi connectivity index (χ0n) is 14.0. The maximum absolute atomic E-state index is 6.25. The van der Waals surface area contributed by atoms with Gasteiger partial charge in [0.05, 0.1) is 0 Å². The molecule has 2 aromatic carbocycles. The van der Waals surface area contributed by atoms with Crippen LogP contribution in [0.15, 0.2) is 60.7 Å². The van der Waals surface area contributed by atoms with E-state index >= 15 is 0 Å². The lowest BCUT2D eigenvalue weighted by atomic mass is 10.3. The van der Waals surface area contributed by atoms with Gasteiger partial charge in [0.2, 0.25) is 16.6 Å². The molecule has 0 aliphatic rings. The molecule has 0 spiro atoms. The Kier molecular flexibility index (Phi) is 5.48. The highest BCUT2D eigenvalue weighted by Crippen LogP contribution is 2.25. The van der Waals surface area contributed by atoms with Crippen molar-refractivity contribution in [3.05, 3.63) is 60.7 Å². The molecule has 0 fully saturated rings. The van der Waals surface area contributed by atoms with E-state index in [-0.39, 0.29) is 0 Å². The molecule has 4 heteroatoms. The summed E-state index contributed by atoms with van der Waals surface area (Å²) in [6, 6.07) is 22.5. The van der Waals surface area contributed by atoms with Crippen LogP contribution in [0.5, 0.6) is 11.5 Å². The molecule has 0 radical (unpaired) electrons. The summed E-state index contributed by atoms with van der Waals surface area (Å²) in [5.74, 6) is 1.98. The zero-order valence-corrected chi connectivity index (χ0v) is 16.0. The quantitative estimate of drug-likeness (QED) is 0.619. The molecular weight excluding hydrogens is 304 g/mol. The Balaban J connectivity index is 1.89. The summed E-state index contributed by atoms with van der Waals surface area (Å²) in [6.07, 6.45) is 0. The molecule has 0 unspecified atom stereocenters. The van der Waals surface area contributed by atoms with E-state index in [1.807, 2.05) is 60.7 Å². The van der Waals surface area contributed by atoms with Gasteiger partial charge in [-0.15, -0.1) is 0 Å². The standard InChI is InChI=1S/C18H26O2Si2/c1-21(2,19-17-11-7-5-8-12-17)15-16-22(3,4)20-18-13-9-6-10-14-18/h5-14H,15-16H2,1-4H3. The summed E-state index contributed by atoms with van der Waals surface area (Å²) >= 11 is 0. The Labute approximate surface area is 136 Å². The van der Waals surface area contributed by atoms with E-state index in [1.165, 1.54) is 0 Å². The number of hydrogen-bond donors (Lipinski definition) is 0. The third-order valence-corrected chi connectivity index (χ3v) is 8.59. The Hall–Kier alpha value is -1.53. The summed E-state index contributed by atoms with van der Waals surface area (Å²) in [5.41, 5.74) is 0. The highest BCUT2D eigenvalue weighted by molar-refractivity contribution is 6.77. The maximum atomic E-state index is 6.25. The molecule has 118 valence electrons. The van der Waals surface area contributed by atoms with E-state index in [4.69, 9.17) is 8.85 Å². The summed E-state index contributed by atoms with van der Waals surface area (Å²) in [6.45, 7) is 9.14. The lowest BCUT2D eigenvalue weighted by Crippen LogP contribution is -2.40. The average Bonchev–Trinajstić information content (AvgIpc) is 2.47. The Bertz CT molecular complexity index is 515. The molecule has 2 rings (SSSR count). The van der Waals surface area contributed by atoms with Crippen LogP contribution in [0.4, 0.5) is 0 Å². The second kappa shape index (κ2) is 7.16. The van der Waals surface area contributed by atoms with Crippen molar-refractivity contribution in [2.24, 2.45) is 0 Å². The second-order valence-corrected chi connectivity index (χ2v) is 15.3. The van der Waals surface area contributed by atoms with E-state index in [0.29, 0.717) is 0 Å². The van der Waals surface area contributed by atoms with Crippen LogP contribution in [0, 0.1) is 0 Å². The minimum absolute atomic E-state index is 0.989. The van der Waals surface area contributed by atoms with Crippen molar-refractivity contribution in [2.75, 3.05) is 0 Å². The van der Waals surface area contributed by atoms with Crippen LogP contribution >= 0.6 is 0 Å². The van der Waals surface area contributed by atoms with Crippen molar-refractivity contribution in [1.29, 1.82) is 0 Å². The fraction of sp³-hybridized carbons (Fsp3) is 0.333. The van der Waals surface area contributed by atoms with Crippen molar-refractivity contribution < 1.29 is 8.85 Å². The van der Waals surface area contributed by atoms with Gasteiger partial charge in [-0.05, 0) is 62.5 Å². The zero-order chi connectivity index (χ0) is 16.1. The maximum Gasteiger partial charge on any atom is 0.245 e. The minimum Gasteiger partial charge on any atom is -0.544 e. The summed E-state index contributed by atoms with van der Waals surface area (Å²) in [7, 11) is -3.43. The van der Waals surface area contributed by atoms with Gasteiger partial charge in [-0.25, -0.2) is 0 Å². The third kappa shape index (κ3) is 5.69. The Morgan fingerprint density at radius 3 is 1.23 bits per heavy atom. The normalized spacial score (nSPS) is 12.0. The lowest BCUT2D eigenvalue weighted by Gasteiger charge is -2.29. The van der Waals surface area contributed by atoms with Crippen LogP contribution in [-0.4, -0.2) is 16.6 Å². The number of benzene rings is 2. The fourth-order valence-electron chi connectivity index (χ4n) is 2.32. The monoisotopic (exact) mass is 330 g/mol. The first-order chi connectivity index (χ1) is 10.4. The van der Waals surface area contributed by atoms with Crippen LogP contribution in [0.25, 0.3) is 0 Å².